The van der Waals surface area contributed by atoms with E-state index < -0.39 is 18.0 Å². The molecule has 12 nitrogen and oxygen atoms in total. The van der Waals surface area contributed by atoms with Crippen LogP contribution in [0.1, 0.15) is 16.7 Å². The Morgan fingerprint density at radius 1 is 1.05 bits per heavy atom. The van der Waals surface area contributed by atoms with E-state index >= 15 is 0 Å². The highest BCUT2D eigenvalue weighted by molar-refractivity contribution is 6.04. The number of carboxylic acids is 2. The van der Waals surface area contributed by atoms with Crippen molar-refractivity contribution < 1.29 is 39.6 Å². The lowest BCUT2D eigenvalue weighted by atomic mass is 10.1. The highest BCUT2D eigenvalue weighted by Gasteiger charge is 2.37. The molecule has 4 rings (SSSR count). The Morgan fingerprint density at radius 2 is 1.68 bits per heavy atom. The monoisotopic (exact) mass is 526 g/mol. The van der Waals surface area contributed by atoms with Gasteiger partial charge in [-0.25, -0.2) is 14.4 Å². The Morgan fingerprint density at radius 3 is 2.26 bits per heavy atom. The number of amides is 3. The number of aliphatic carboxylic acids is 2. The van der Waals surface area contributed by atoms with Gasteiger partial charge < -0.3 is 36.5 Å². The topological polar surface area (TPSA) is 207 Å². The second-order valence-electron chi connectivity index (χ2n) is 8.22. The van der Waals surface area contributed by atoms with Crippen LogP contribution in [0, 0.1) is 0 Å². The number of carboxylic acid groups (broad SMARTS) is 2. The zero-order chi connectivity index (χ0) is 26.9. The van der Waals surface area contributed by atoms with Crippen LogP contribution in [0.3, 0.4) is 0 Å². The number of rotatable bonds is 9. The lowest BCUT2D eigenvalue weighted by molar-refractivity contribution is -0.134. The quantitative estimate of drug-likeness (QED) is 0.202. The molecule has 2 heterocycles. The van der Waals surface area contributed by atoms with E-state index in [1.807, 2.05) is 48.7 Å². The predicted octanol–water partition coefficient (Wildman–Crippen LogP) is 1.23. The van der Waals surface area contributed by atoms with Crippen molar-refractivity contribution in [2.24, 2.45) is 5.73 Å². The highest BCUT2D eigenvalue weighted by Crippen LogP contribution is 2.23. The molecule has 12 heteroatoms. The Hall–Kier alpha value is -4.68. The van der Waals surface area contributed by atoms with Gasteiger partial charge in [-0.05, 0) is 53.9 Å². The molecule has 1 saturated heterocycles. The fourth-order valence-electron chi connectivity index (χ4n) is 3.87. The van der Waals surface area contributed by atoms with E-state index in [0.717, 1.165) is 39.8 Å². The zero-order valence-electron chi connectivity index (χ0n) is 20.6. The van der Waals surface area contributed by atoms with Gasteiger partial charge in [0.15, 0.2) is 0 Å². The molecule has 3 aromatic rings. The molecule has 38 heavy (non-hydrogen) atoms. The summed E-state index contributed by atoms with van der Waals surface area (Å²) in [4.78, 5) is 48.9. The second kappa shape index (κ2) is 13.6. The number of nitrogens with two attached hydrogens (primary N) is 1. The molecule has 3 amide bonds. The number of carbonyl (C=O) groups is 4. The summed E-state index contributed by atoms with van der Waals surface area (Å²) in [5.74, 6) is -1.96. The number of H-pyrrole nitrogens is 1. The first-order chi connectivity index (χ1) is 17.7. The number of ether oxygens (including phenoxy) is 1. The summed E-state index contributed by atoms with van der Waals surface area (Å²) >= 11 is 0. The molecule has 1 unspecified atom stereocenters. The number of carbonyl (C=O) groups excluding carboxylic acids is 2. The van der Waals surface area contributed by atoms with E-state index in [1.165, 1.54) is 4.90 Å². The van der Waals surface area contributed by atoms with Crippen LogP contribution in [0.5, 0.6) is 5.75 Å². The normalized spacial score (nSPS) is 14.6. The van der Waals surface area contributed by atoms with Crippen molar-refractivity contribution in [2.75, 3.05) is 13.7 Å². The summed E-state index contributed by atoms with van der Waals surface area (Å²) in [5.41, 5.74) is 9.71. The Kier molecular flexibility index (Phi) is 10.6. The first-order valence-electron chi connectivity index (χ1n) is 11.4. The summed E-state index contributed by atoms with van der Waals surface area (Å²) in [5, 5.41) is 19.5. The van der Waals surface area contributed by atoms with Crippen molar-refractivity contribution >= 4 is 34.8 Å². The predicted molar refractivity (Wildman–Crippen MR) is 139 cm³/mol. The number of nitrogens with one attached hydrogen (secondary N) is 2. The summed E-state index contributed by atoms with van der Waals surface area (Å²) in [6, 6.07) is 12.5. The molecule has 2 aromatic carbocycles. The molecule has 0 aliphatic carbocycles. The number of urea groups is 1. The molecule has 1 aliphatic rings. The average molecular weight is 527 g/mol. The lowest BCUT2D eigenvalue weighted by Crippen LogP contribution is -2.32. The van der Waals surface area contributed by atoms with Crippen molar-refractivity contribution in [1.29, 1.82) is 0 Å². The molecule has 8 N–H and O–H groups in total. The summed E-state index contributed by atoms with van der Waals surface area (Å²) < 4.78 is 5.15. The van der Waals surface area contributed by atoms with Gasteiger partial charge in [-0.1, -0.05) is 18.2 Å². The summed E-state index contributed by atoms with van der Waals surface area (Å²) in [7, 11) is 1.61. The third-order valence-corrected chi connectivity index (χ3v) is 5.66. The van der Waals surface area contributed by atoms with Gasteiger partial charge in [-0.2, -0.15) is 0 Å². The zero-order valence-corrected chi connectivity index (χ0v) is 20.6. The Balaban J connectivity index is 0.000000493. The van der Waals surface area contributed by atoms with Crippen LogP contribution in [0.2, 0.25) is 0 Å². The number of benzene rings is 2. The first kappa shape index (κ1) is 29.5. The first-order valence-corrected chi connectivity index (χ1v) is 11.4. The van der Waals surface area contributed by atoms with Gasteiger partial charge in [-0.15, -0.1) is 0 Å². The fourth-order valence-corrected chi connectivity index (χ4v) is 3.87. The molecule has 1 aliphatic heterocycles. The molecule has 0 spiro atoms. The standard InChI is InChI=1S/C22H24N4O3.C4H4O4.H2O/c1-29-17-5-2-14(3-6-17)11-20-21(27)26(22(28)25-20)13-15-4-7-19-18(10-15)16(8-9-23)12-24-19;5-3(6)1-2-4(7)8;/h2-7,10,12,20,24H,8-9,11,13,23H2,1H3,(H,25,28);1-2H,(H,5,6)(H,7,8);1H2. The van der Waals surface area contributed by atoms with Crippen LogP contribution in [-0.4, -0.2) is 69.1 Å². The number of imide groups is 1. The number of aromatic nitrogens is 1. The maximum Gasteiger partial charge on any atom is 0.328 e. The van der Waals surface area contributed by atoms with Gasteiger partial charge in [0.05, 0.1) is 13.7 Å². The lowest BCUT2D eigenvalue weighted by Gasteiger charge is -2.13. The molecule has 0 radical (unpaired) electrons. The molecule has 0 saturated carbocycles. The van der Waals surface area contributed by atoms with Crippen LogP contribution in [0.25, 0.3) is 10.9 Å². The maximum atomic E-state index is 12.8. The molecule has 0 bridgehead atoms. The molecule has 202 valence electrons. The molecule has 1 atom stereocenters. The highest BCUT2D eigenvalue weighted by atomic mass is 16.5. The van der Waals surface area contributed by atoms with Crippen LogP contribution >= 0.6 is 0 Å². The van der Waals surface area contributed by atoms with Crippen LogP contribution < -0.4 is 15.8 Å². The largest absolute Gasteiger partial charge is 0.497 e. The number of nitrogens with zero attached hydrogens (tertiary/aromatic N) is 1. The van der Waals surface area contributed by atoms with E-state index in [4.69, 9.17) is 20.7 Å². The minimum atomic E-state index is -1.26. The summed E-state index contributed by atoms with van der Waals surface area (Å²) in [6.07, 6.45) is 4.30. The number of hydrogen-bond acceptors (Lipinski definition) is 6. The minimum Gasteiger partial charge on any atom is -0.497 e. The van der Waals surface area contributed by atoms with Gasteiger partial charge in [0, 0.05) is 35.7 Å². The van der Waals surface area contributed by atoms with E-state index in [2.05, 4.69) is 10.3 Å². The average Bonchev–Trinajstić information content (AvgIpc) is 3.39. The number of hydrogen-bond donors (Lipinski definition) is 5. The van der Waals surface area contributed by atoms with Crippen molar-refractivity contribution in [3.8, 4) is 5.75 Å². The molecule has 1 aromatic heterocycles. The van der Waals surface area contributed by atoms with Gasteiger partial charge >= 0.3 is 18.0 Å². The van der Waals surface area contributed by atoms with Crippen molar-refractivity contribution in [1.82, 2.24) is 15.2 Å². The molecular weight excluding hydrogens is 496 g/mol. The fraction of sp³-hybridized carbons (Fsp3) is 0.231. The van der Waals surface area contributed by atoms with Crippen LogP contribution in [0.15, 0.2) is 60.8 Å². The Bertz CT molecular complexity index is 1300. The van der Waals surface area contributed by atoms with E-state index in [0.29, 0.717) is 25.1 Å². The number of aromatic amines is 1. The van der Waals surface area contributed by atoms with E-state index in [-0.39, 0.29) is 24.0 Å². The molecular formula is C26H30N4O8. The molecule has 1 fully saturated rings. The van der Waals surface area contributed by atoms with Gasteiger partial charge in [0.1, 0.15) is 11.8 Å². The second-order valence-corrected chi connectivity index (χ2v) is 8.22. The van der Waals surface area contributed by atoms with Gasteiger partial charge in [0.25, 0.3) is 5.91 Å². The minimum absolute atomic E-state index is 0. The third kappa shape index (κ3) is 7.66. The maximum absolute atomic E-state index is 12.8. The third-order valence-electron chi connectivity index (χ3n) is 5.66. The van der Waals surface area contributed by atoms with E-state index in [1.54, 1.807) is 7.11 Å². The smallest absolute Gasteiger partial charge is 0.328 e. The van der Waals surface area contributed by atoms with Crippen LogP contribution in [-0.2, 0) is 33.8 Å². The Labute approximate surface area is 218 Å². The van der Waals surface area contributed by atoms with Crippen molar-refractivity contribution in [3.63, 3.8) is 0 Å². The summed E-state index contributed by atoms with van der Waals surface area (Å²) in [6.45, 7) is 0.810. The van der Waals surface area contributed by atoms with Crippen molar-refractivity contribution in [3.05, 3.63) is 77.5 Å². The van der Waals surface area contributed by atoms with Gasteiger partial charge in [-0.3, -0.25) is 9.69 Å². The van der Waals surface area contributed by atoms with Gasteiger partial charge in [0.2, 0.25) is 0 Å². The number of fused-ring (bicyclic) bond motifs is 1. The van der Waals surface area contributed by atoms with Crippen molar-refractivity contribution in [2.45, 2.75) is 25.4 Å². The van der Waals surface area contributed by atoms with Crippen LogP contribution in [0.4, 0.5) is 4.79 Å². The SMILES string of the molecule is COc1ccc(CC2NC(=O)N(Cc3ccc4[nH]cc(CCN)c4c3)C2=O)cc1.O.O=C(O)C=CC(=O)O. The number of methoxy groups -OCH3 is 1. The van der Waals surface area contributed by atoms with E-state index in [9.17, 15) is 19.2 Å².